The van der Waals surface area contributed by atoms with Crippen molar-refractivity contribution < 1.29 is 9.69 Å². The Balaban J connectivity index is 1.89. The third kappa shape index (κ3) is 3.67. The normalized spacial score (nSPS) is 11.8. The van der Waals surface area contributed by atoms with E-state index >= 15 is 0 Å². The van der Waals surface area contributed by atoms with E-state index < -0.39 is 0 Å². The summed E-state index contributed by atoms with van der Waals surface area (Å²) in [5.74, 6) is -0.0596. The smallest absolute Gasteiger partial charge is 0.280 e. The largest absolute Gasteiger partial charge is 0.325 e. The van der Waals surface area contributed by atoms with E-state index in [0.717, 1.165) is 11.4 Å². The molecule has 2 rings (SSSR count). The second-order valence-corrected chi connectivity index (χ2v) is 6.58. The minimum atomic E-state index is -0.0596. The highest BCUT2D eigenvalue weighted by Gasteiger charge is 2.14. The third-order valence-electron chi connectivity index (χ3n) is 2.93. The highest BCUT2D eigenvalue weighted by Crippen LogP contribution is 2.21. The molecule has 104 valence electrons. The van der Waals surface area contributed by atoms with Crippen molar-refractivity contribution in [2.75, 3.05) is 18.9 Å². The fourth-order valence-corrected chi connectivity index (χ4v) is 3.63. The second-order valence-electron chi connectivity index (χ2n) is 4.66. The van der Waals surface area contributed by atoms with Crippen molar-refractivity contribution in [3.05, 3.63) is 38.9 Å². The zero-order valence-electron chi connectivity index (χ0n) is 11.4. The molecule has 0 aliphatic carbocycles. The number of carbonyl (C=O) groups excluding carboxylic acids is 1. The predicted molar refractivity (Wildman–Crippen MR) is 82.2 cm³/mol. The molecular formula is C14H16N3OS2+. The highest BCUT2D eigenvalue weighted by molar-refractivity contribution is 7.14. The second kappa shape index (κ2) is 6.66. The number of rotatable bonds is 5. The van der Waals surface area contributed by atoms with Gasteiger partial charge >= 0.3 is 0 Å². The Kier molecular flexibility index (Phi) is 4.90. The molecule has 6 heteroatoms. The fourth-order valence-electron chi connectivity index (χ4n) is 1.86. The molecule has 0 saturated heterocycles. The zero-order valence-corrected chi connectivity index (χ0v) is 13.0. The Morgan fingerprint density at radius 2 is 2.15 bits per heavy atom. The summed E-state index contributed by atoms with van der Waals surface area (Å²) in [5.41, 5.74) is 1.80. The predicted octanol–water partition coefficient (Wildman–Crippen LogP) is 1.64. The molecule has 2 heterocycles. The molecule has 20 heavy (non-hydrogen) atoms. The van der Waals surface area contributed by atoms with Gasteiger partial charge in [-0.05, 0) is 35.4 Å². The van der Waals surface area contributed by atoms with Crippen LogP contribution in [0.2, 0.25) is 0 Å². The van der Waals surface area contributed by atoms with Crippen molar-refractivity contribution >= 4 is 33.6 Å². The van der Waals surface area contributed by atoms with Gasteiger partial charge in [-0.3, -0.25) is 4.79 Å². The van der Waals surface area contributed by atoms with Crippen LogP contribution in [0.15, 0.2) is 22.9 Å². The summed E-state index contributed by atoms with van der Waals surface area (Å²) in [6.07, 6.45) is 0. The fraction of sp³-hybridized carbons (Fsp3) is 0.286. The first-order chi connectivity index (χ1) is 9.60. The maximum Gasteiger partial charge on any atom is 0.280 e. The van der Waals surface area contributed by atoms with Crippen molar-refractivity contribution in [2.45, 2.75) is 13.5 Å². The van der Waals surface area contributed by atoms with E-state index in [9.17, 15) is 4.79 Å². The van der Waals surface area contributed by atoms with Gasteiger partial charge in [0.1, 0.15) is 17.6 Å². The molecule has 2 N–H and O–H groups in total. The van der Waals surface area contributed by atoms with E-state index in [1.807, 2.05) is 7.05 Å². The number of hydrogen-bond acceptors (Lipinski definition) is 4. The van der Waals surface area contributed by atoms with Crippen LogP contribution in [0, 0.1) is 18.3 Å². The first kappa shape index (κ1) is 14.7. The lowest BCUT2D eigenvalue weighted by Gasteiger charge is -2.13. The van der Waals surface area contributed by atoms with Gasteiger partial charge in [0.25, 0.3) is 5.91 Å². The summed E-state index contributed by atoms with van der Waals surface area (Å²) in [6, 6.07) is 5.88. The molecule has 4 nitrogen and oxygen atoms in total. The van der Waals surface area contributed by atoms with Gasteiger partial charge in [0.15, 0.2) is 6.54 Å². The lowest BCUT2D eigenvalue weighted by molar-refractivity contribution is -0.884. The number of likely N-dealkylation sites (N-methyl/N-ethyl adjacent to an activating group) is 1. The number of amides is 1. The van der Waals surface area contributed by atoms with Gasteiger partial charge in [-0.25, -0.2) is 0 Å². The van der Waals surface area contributed by atoms with Crippen LogP contribution >= 0.6 is 22.7 Å². The molecule has 0 bridgehead atoms. The maximum absolute atomic E-state index is 12.0. The van der Waals surface area contributed by atoms with E-state index in [1.165, 1.54) is 21.8 Å². The Hall–Kier alpha value is -1.68. The average molecular weight is 306 g/mol. The van der Waals surface area contributed by atoms with Crippen molar-refractivity contribution in [3.63, 3.8) is 0 Å². The van der Waals surface area contributed by atoms with E-state index in [-0.39, 0.29) is 5.91 Å². The summed E-state index contributed by atoms with van der Waals surface area (Å²) in [4.78, 5) is 14.4. The van der Waals surface area contributed by atoms with Crippen molar-refractivity contribution in [3.8, 4) is 6.07 Å². The Morgan fingerprint density at radius 3 is 2.80 bits per heavy atom. The molecule has 0 aliphatic rings. The number of nitrogens with one attached hydrogen (secondary N) is 2. The van der Waals surface area contributed by atoms with Gasteiger partial charge in [0.2, 0.25) is 0 Å². The molecule has 0 spiro atoms. The molecule has 1 amide bonds. The molecule has 0 aliphatic heterocycles. The summed E-state index contributed by atoms with van der Waals surface area (Å²) in [6.45, 7) is 3.32. The molecule has 2 aromatic rings. The maximum atomic E-state index is 12.0. The van der Waals surface area contributed by atoms with Gasteiger partial charge in [0.05, 0.1) is 17.5 Å². The van der Waals surface area contributed by atoms with Crippen molar-refractivity contribution in [1.82, 2.24) is 0 Å². The number of quaternary nitrogens is 1. The lowest BCUT2D eigenvalue weighted by Crippen LogP contribution is -3.08. The lowest BCUT2D eigenvalue weighted by atomic mass is 10.3. The number of nitriles is 1. The van der Waals surface area contributed by atoms with Crippen LogP contribution in [-0.2, 0) is 11.3 Å². The molecule has 0 saturated carbocycles. The van der Waals surface area contributed by atoms with Crippen molar-refractivity contribution in [1.29, 1.82) is 5.26 Å². The summed E-state index contributed by atoms with van der Waals surface area (Å²) >= 11 is 3.10. The number of nitrogens with zero attached hydrogens (tertiary/aromatic N) is 1. The van der Waals surface area contributed by atoms with E-state index in [1.54, 1.807) is 22.8 Å². The highest BCUT2D eigenvalue weighted by atomic mass is 32.1. The molecule has 0 fully saturated rings. The quantitative estimate of drug-likeness (QED) is 0.882. The average Bonchev–Trinajstić information content (AvgIpc) is 2.99. The monoisotopic (exact) mass is 306 g/mol. The van der Waals surface area contributed by atoms with Gasteiger partial charge in [-0.2, -0.15) is 5.26 Å². The first-order valence-corrected chi connectivity index (χ1v) is 7.97. The number of thiophene rings is 2. The van der Waals surface area contributed by atoms with E-state index in [2.05, 4.69) is 29.8 Å². The molecular weight excluding hydrogens is 290 g/mol. The third-order valence-corrected chi connectivity index (χ3v) is 4.78. The molecule has 1 unspecified atom stereocenters. The van der Waals surface area contributed by atoms with Crippen LogP contribution in [0.5, 0.6) is 0 Å². The topological polar surface area (TPSA) is 57.3 Å². The summed E-state index contributed by atoms with van der Waals surface area (Å²) < 4.78 is 0. The van der Waals surface area contributed by atoms with Gasteiger partial charge in [-0.1, -0.05) is 0 Å². The van der Waals surface area contributed by atoms with Crippen LogP contribution in [0.4, 0.5) is 5.00 Å². The van der Waals surface area contributed by atoms with Crippen molar-refractivity contribution in [2.24, 2.45) is 0 Å². The minimum Gasteiger partial charge on any atom is -0.325 e. The van der Waals surface area contributed by atoms with Gasteiger partial charge in [-0.15, -0.1) is 22.7 Å². The summed E-state index contributed by atoms with van der Waals surface area (Å²) in [5, 5.41) is 16.2. The van der Waals surface area contributed by atoms with E-state index in [4.69, 9.17) is 5.26 Å². The van der Waals surface area contributed by atoms with Crippen LogP contribution < -0.4 is 10.2 Å². The minimum absolute atomic E-state index is 0.0596. The molecule has 0 radical (unpaired) electrons. The number of anilines is 1. The van der Waals surface area contributed by atoms with E-state index in [0.29, 0.717) is 17.1 Å². The Labute approximate surface area is 126 Å². The molecule has 0 aromatic carbocycles. The van der Waals surface area contributed by atoms with Gasteiger partial charge < -0.3 is 10.2 Å². The standard InChI is InChI=1S/C14H15N3OS2/c1-10-3-5-19-12(10)8-17(2)9-13(18)16-14-11(7-15)4-6-20-14/h3-6H,8-9H2,1-2H3,(H,16,18)/p+1. The number of carbonyl (C=O) groups is 1. The number of aryl methyl sites for hydroxylation is 1. The van der Waals surface area contributed by atoms with Crippen LogP contribution in [0.3, 0.4) is 0 Å². The first-order valence-electron chi connectivity index (χ1n) is 6.22. The van der Waals surface area contributed by atoms with Crippen LogP contribution in [0.25, 0.3) is 0 Å². The molecule has 2 aromatic heterocycles. The van der Waals surface area contributed by atoms with Gasteiger partial charge in [0, 0.05) is 0 Å². The molecule has 1 atom stereocenters. The Bertz CT molecular complexity index is 639. The van der Waals surface area contributed by atoms with Crippen LogP contribution in [-0.4, -0.2) is 19.5 Å². The zero-order chi connectivity index (χ0) is 14.5. The Morgan fingerprint density at radius 1 is 1.40 bits per heavy atom. The summed E-state index contributed by atoms with van der Waals surface area (Å²) in [7, 11) is 2.00. The van der Waals surface area contributed by atoms with Crippen LogP contribution in [0.1, 0.15) is 16.0 Å². The SMILES string of the molecule is Cc1ccsc1C[NH+](C)CC(=O)Nc1sccc1C#N. The number of hydrogen-bond donors (Lipinski definition) is 2.